The van der Waals surface area contributed by atoms with E-state index in [-0.39, 0.29) is 19.1 Å². The normalized spacial score (nSPS) is 13.9. The second kappa shape index (κ2) is 72.2. The standard InChI is InChI=1S/C82H155N2O6P/c1-6-8-10-12-14-16-18-20-22-24-26-28-30-32-34-36-38-39-40-41-42-43-44-45-46-48-50-52-54-56-58-60-62-64-66-68-70-72-74-76-82(86)83-80(79-90-91(87,88)89-78-77-84(3,4)5)81(85)75-73-71-69-67-65-63-61-59-57-55-53-51-49-47-37-35-33-31-29-27-25-23-21-19-17-15-13-11-9-7-2/h8,10,14,16,20,22,26,28,32,34,38-39,80-81,85H,6-7,9,11-13,15,17-19,21,23-25,27,29-31,33,35-37,40-79H2,1-5H3,(H-,83,86,87,88)/p+1/b10-8-,16-14-,22-20-,28-26-,34-32-,39-38-. The molecular weight excluding hydrogens is 1140 g/mol. The van der Waals surface area contributed by atoms with Gasteiger partial charge in [-0.2, -0.15) is 0 Å². The lowest BCUT2D eigenvalue weighted by molar-refractivity contribution is -0.870. The number of carbonyl (C=O) groups is 1. The molecule has 534 valence electrons. The highest BCUT2D eigenvalue weighted by Gasteiger charge is 2.28. The molecule has 0 spiro atoms. The van der Waals surface area contributed by atoms with Gasteiger partial charge < -0.3 is 19.8 Å². The summed E-state index contributed by atoms with van der Waals surface area (Å²) in [4.78, 5) is 23.5. The number of quaternary nitrogens is 1. The maximum absolute atomic E-state index is 13.1. The van der Waals surface area contributed by atoms with Crippen LogP contribution in [0, 0.1) is 0 Å². The zero-order valence-corrected chi connectivity index (χ0v) is 62.2. The Labute approximate surface area is 567 Å². The molecule has 9 heteroatoms. The van der Waals surface area contributed by atoms with Crippen LogP contribution >= 0.6 is 7.82 Å². The lowest BCUT2D eigenvalue weighted by Gasteiger charge is -2.26. The summed E-state index contributed by atoms with van der Waals surface area (Å²) >= 11 is 0. The predicted octanol–water partition coefficient (Wildman–Crippen LogP) is 26.1. The van der Waals surface area contributed by atoms with E-state index in [0.29, 0.717) is 23.9 Å². The summed E-state index contributed by atoms with van der Waals surface area (Å²) in [5.41, 5.74) is 0. The topological polar surface area (TPSA) is 105 Å². The molecule has 0 saturated heterocycles. The van der Waals surface area contributed by atoms with Crippen LogP contribution in [0.1, 0.15) is 393 Å². The van der Waals surface area contributed by atoms with E-state index < -0.39 is 20.0 Å². The van der Waals surface area contributed by atoms with Crippen molar-refractivity contribution < 1.29 is 32.9 Å². The van der Waals surface area contributed by atoms with Gasteiger partial charge in [-0.15, -0.1) is 0 Å². The predicted molar refractivity (Wildman–Crippen MR) is 401 cm³/mol. The number of allylic oxidation sites excluding steroid dienone is 12. The Kier molecular flexibility index (Phi) is 70.6. The molecular formula is C82H156N2O6P+. The van der Waals surface area contributed by atoms with Gasteiger partial charge >= 0.3 is 7.82 Å². The van der Waals surface area contributed by atoms with Crippen LogP contribution in [-0.4, -0.2) is 73.4 Å². The van der Waals surface area contributed by atoms with Gasteiger partial charge in [0.1, 0.15) is 13.2 Å². The summed E-state index contributed by atoms with van der Waals surface area (Å²) < 4.78 is 24.0. The van der Waals surface area contributed by atoms with Crippen LogP contribution in [0.25, 0.3) is 0 Å². The SMILES string of the molecule is CC/C=C\C/C=C\C/C=C\C/C=C\C/C=C\C/C=C\CCCCCCCCCCCCCCCCCCCCCCC(=O)NC(COP(=O)(O)OCC[N+](C)(C)C)C(O)CCCCCCCCCCCCCCCCCCCCCCCCCCCCCCCC. The first-order valence-corrected chi connectivity index (χ1v) is 41.3. The van der Waals surface area contributed by atoms with E-state index in [9.17, 15) is 19.4 Å². The van der Waals surface area contributed by atoms with E-state index in [1.54, 1.807) is 0 Å². The number of nitrogens with one attached hydrogen (secondary N) is 1. The number of nitrogens with zero attached hydrogens (tertiary/aromatic N) is 1. The fourth-order valence-electron chi connectivity index (χ4n) is 12.1. The van der Waals surface area contributed by atoms with E-state index in [2.05, 4.69) is 92.1 Å². The summed E-state index contributed by atoms with van der Waals surface area (Å²) in [5.74, 6) is -0.137. The number of phosphoric acid groups is 1. The number of aliphatic hydroxyl groups excluding tert-OH is 1. The summed E-state index contributed by atoms with van der Waals surface area (Å²) in [5, 5.41) is 14.2. The van der Waals surface area contributed by atoms with Gasteiger partial charge in [0, 0.05) is 6.42 Å². The average molecular weight is 1300 g/mol. The summed E-state index contributed by atoms with van der Waals surface area (Å²) in [6.07, 6.45) is 102. The molecule has 3 N–H and O–H groups in total. The maximum atomic E-state index is 13.1. The first-order valence-electron chi connectivity index (χ1n) is 39.8. The Balaban J connectivity index is 3.93. The fraction of sp³-hybridized carbons (Fsp3) is 0.841. The van der Waals surface area contributed by atoms with Crippen molar-refractivity contribution in [2.75, 3.05) is 40.9 Å². The zero-order chi connectivity index (χ0) is 66.2. The lowest BCUT2D eigenvalue weighted by atomic mass is 10.0. The van der Waals surface area contributed by atoms with E-state index in [1.165, 1.54) is 289 Å². The van der Waals surface area contributed by atoms with Crippen molar-refractivity contribution in [3.05, 3.63) is 72.9 Å². The Morgan fingerprint density at radius 1 is 0.385 bits per heavy atom. The molecule has 91 heavy (non-hydrogen) atoms. The van der Waals surface area contributed by atoms with E-state index in [1.807, 2.05) is 21.1 Å². The third-order valence-electron chi connectivity index (χ3n) is 18.2. The quantitative estimate of drug-likeness (QED) is 0.0243. The number of unbranched alkanes of at least 4 members (excludes halogenated alkanes) is 49. The second-order valence-electron chi connectivity index (χ2n) is 28.4. The van der Waals surface area contributed by atoms with Crippen molar-refractivity contribution >= 4 is 13.7 Å². The highest BCUT2D eigenvalue weighted by molar-refractivity contribution is 7.47. The first kappa shape index (κ1) is 88.9. The minimum Gasteiger partial charge on any atom is -0.391 e. The molecule has 0 rings (SSSR count). The molecule has 0 aliphatic carbocycles. The number of hydrogen-bond donors (Lipinski definition) is 3. The monoisotopic (exact) mass is 1300 g/mol. The fourth-order valence-corrected chi connectivity index (χ4v) is 12.9. The van der Waals surface area contributed by atoms with Crippen molar-refractivity contribution in [3.8, 4) is 0 Å². The van der Waals surface area contributed by atoms with E-state index in [4.69, 9.17) is 9.05 Å². The maximum Gasteiger partial charge on any atom is 0.472 e. The highest BCUT2D eigenvalue weighted by Crippen LogP contribution is 2.43. The van der Waals surface area contributed by atoms with Gasteiger partial charge in [-0.25, -0.2) is 4.57 Å². The van der Waals surface area contributed by atoms with Crippen LogP contribution in [0.15, 0.2) is 72.9 Å². The lowest BCUT2D eigenvalue weighted by Crippen LogP contribution is -2.46. The molecule has 8 nitrogen and oxygen atoms in total. The largest absolute Gasteiger partial charge is 0.472 e. The number of hydrogen-bond acceptors (Lipinski definition) is 5. The van der Waals surface area contributed by atoms with Gasteiger partial charge in [-0.1, -0.05) is 395 Å². The van der Waals surface area contributed by atoms with Crippen LogP contribution in [0.3, 0.4) is 0 Å². The molecule has 1 amide bonds. The van der Waals surface area contributed by atoms with Gasteiger partial charge in [0.2, 0.25) is 5.91 Å². The van der Waals surface area contributed by atoms with Crippen LogP contribution in [0.2, 0.25) is 0 Å². The highest BCUT2D eigenvalue weighted by atomic mass is 31.2. The molecule has 0 saturated carbocycles. The van der Waals surface area contributed by atoms with Gasteiger partial charge in [0.05, 0.1) is 39.9 Å². The molecule has 0 aromatic rings. The van der Waals surface area contributed by atoms with Crippen molar-refractivity contribution in [1.29, 1.82) is 0 Å². The molecule has 0 aliphatic rings. The van der Waals surface area contributed by atoms with Crippen LogP contribution < -0.4 is 5.32 Å². The Bertz CT molecular complexity index is 1720. The number of likely N-dealkylation sites (N-methyl/N-ethyl adjacent to an activating group) is 1. The van der Waals surface area contributed by atoms with Gasteiger partial charge in [0.25, 0.3) is 0 Å². The zero-order valence-electron chi connectivity index (χ0n) is 61.3. The summed E-state index contributed by atoms with van der Waals surface area (Å²) in [7, 11) is 1.63. The van der Waals surface area contributed by atoms with Crippen molar-refractivity contribution in [1.82, 2.24) is 5.32 Å². The number of aliphatic hydroxyl groups is 1. The van der Waals surface area contributed by atoms with E-state index in [0.717, 1.165) is 77.0 Å². The molecule has 0 bridgehead atoms. The Morgan fingerprint density at radius 2 is 0.659 bits per heavy atom. The molecule has 0 radical (unpaired) electrons. The third-order valence-corrected chi connectivity index (χ3v) is 19.2. The average Bonchev–Trinajstić information content (AvgIpc) is 3.58. The van der Waals surface area contributed by atoms with Crippen LogP contribution in [0.4, 0.5) is 0 Å². The van der Waals surface area contributed by atoms with Crippen LogP contribution in [-0.2, 0) is 18.4 Å². The second-order valence-corrected chi connectivity index (χ2v) is 29.9. The van der Waals surface area contributed by atoms with E-state index >= 15 is 0 Å². The Morgan fingerprint density at radius 3 is 0.967 bits per heavy atom. The summed E-state index contributed by atoms with van der Waals surface area (Å²) in [6, 6.07) is -0.764. The van der Waals surface area contributed by atoms with Gasteiger partial charge in [-0.05, 0) is 64.2 Å². The smallest absolute Gasteiger partial charge is 0.391 e. The molecule has 3 unspecified atom stereocenters. The number of rotatable bonds is 74. The number of phosphoric ester groups is 1. The molecule has 0 aromatic carbocycles. The third kappa shape index (κ3) is 75.2. The Hall–Kier alpha value is -2.06. The van der Waals surface area contributed by atoms with Crippen molar-refractivity contribution in [3.63, 3.8) is 0 Å². The van der Waals surface area contributed by atoms with Crippen molar-refractivity contribution in [2.24, 2.45) is 0 Å². The first-order chi connectivity index (χ1) is 44.5. The van der Waals surface area contributed by atoms with Gasteiger partial charge in [0.15, 0.2) is 0 Å². The summed E-state index contributed by atoms with van der Waals surface area (Å²) in [6.45, 7) is 4.83. The molecule has 0 aliphatic heterocycles. The molecule has 0 aromatic heterocycles. The minimum absolute atomic E-state index is 0.0755. The number of carbonyl (C=O) groups excluding carboxylic acids is 1. The van der Waals surface area contributed by atoms with Crippen LogP contribution in [0.5, 0.6) is 0 Å². The molecule has 0 fully saturated rings. The van der Waals surface area contributed by atoms with Gasteiger partial charge in [-0.3, -0.25) is 13.8 Å². The minimum atomic E-state index is -4.34. The molecule has 3 atom stereocenters. The van der Waals surface area contributed by atoms with Crippen molar-refractivity contribution in [2.45, 2.75) is 405 Å². The molecule has 0 heterocycles. The number of amides is 1.